The molecule has 2 aliphatic rings. The molecule has 1 aliphatic heterocycles. The molecule has 100 valence electrons. The van der Waals surface area contributed by atoms with Gasteiger partial charge in [-0.15, -0.1) is 0 Å². The van der Waals surface area contributed by atoms with Gasteiger partial charge in [0.2, 0.25) is 11.8 Å². The number of imide groups is 2. The van der Waals surface area contributed by atoms with Crippen molar-refractivity contribution in [1.82, 2.24) is 10.6 Å². The van der Waals surface area contributed by atoms with Gasteiger partial charge < -0.3 is 0 Å². The van der Waals surface area contributed by atoms with Gasteiger partial charge in [0.15, 0.2) is 0 Å². The van der Waals surface area contributed by atoms with Gasteiger partial charge in [0.25, 0.3) is 0 Å². The van der Waals surface area contributed by atoms with E-state index in [0.29, 0.717) is 12.3 Å². The smallest absolute Gasteiger partial charge is 0.277 e. The van der Waals surface area contributed by atoms with Crippen molar-refractivity contribution < 1.29 is 14.4 Å². The van der Waals surface area contributed by atoms with E-state index < -0.39 is 23.3 Å². The number of hydrogen-bond donors (Lipinski definition) is 2. The Morgan fingerprint density at radius 3 is 2.28 bits per heavy atom. The molecule has 2 fully saturated rings. The zero-order valence-corrected chi connectivity index (χ0v) is 10.9. The first kappa shape index (κ1) is 13.1. The number of barbiturate groups is 1. The fourth-order valence-electron chi connectivity index (χ4n) is 3.43. The maximum Gasteiger partial charge on any atom is 0.328 e. The minimum absolute atomic E-state index is 0.0411. The second kappa shape index (κ2) is 4.71. The van der Waals surface area contributed by atoms with Crippen LogP contribution in [0.1, 0.15) is 46.0 Å². The average Bonchev–Trinajstić information content (AvgIpc) is 2.29. The second-order valence-corrected chi connectivity index (χ2v) is 5.53. The van der Waals surface area contributed by atoms with Crippen LogP contribution in [0.3, 0.4) is 0 Å². The van der Waals surface area contributed by atoms with Gasteiger partial charge in [0, 0.05) is 0 Å². The van der Waals surface area contributed by atoms with Crippen LogP contribution in [-0.2, 0) is 9.59 Å². The molecule has 18 heavy (non-hydrogen) atoms. The van der Waals surface area contributed by atoms with E-state index in [2.05, 4.69) is 17.6 Å². The van der Waals surface area contributed by atoms with Crippen molar-refractivity contribution in [3.05, 3.63) is 0 Å². The van der Waals surface area contributed by atoms with Crippen LogP contribution in [0.5, 0.6) is 0 Å². The lowest BCUT2D eigenvalue weighted by Crippen LogP contribution is -2.65. The first-order chi connectivity index (χ1) is 8.50. The summed E-state index contributed by atoms with van der Waals surface area (Å²) in [6, 6.07) is -0.696. The predicted molar refractivity (Wildman–Crippen MR) is 65.5 cm³/mol. The Bertz CT molecular complexity index is 372. The van der Waals surface area contributed by atoms with Gasteiger partial charge in [-0.25, -0.2) is 4.79 Å². The topological polar surface area (TPSA) is 75.3 Å². The molecule has 2 unspecified atom stereocenters. The molecule has 0 aromatic heterocycles. The maximum atomic E-state index is 12.2. The van der Waals surface area contributed by atoms with Gasteiger partial charge in [-0.2, -0.15) is 0 Å². The van der Waals surface area contributed by atoms with Crippen LogP contribution in [0.15, 0.2) is 0 Å². The third-order valence-electron chi connectivity index (χ3n) is 4.46. The minimum Gasteiger partial charge on any atom is -0.277 e. The zero-order valence-electron chi connectivity index (χ0n) is 10.9. The maximum absolute atomic E-state index is 12.2. The highest BCUT2D eigenvalue weighted by molar-refractivity contribution is 6.19. The highest BCUT2D eigenvalue weighted by Crippen LogP contribution is 2.44. The Balaban J connectivity index is 2.31. The molecule has 0 spiro atoms. The Hall–Kier alpha value is -1.39. The monoisotopic (exact) mass is 252 g/mol. The molecule has 4 amide bonds. The van der Waals surface area contributed by atoms with E-state index >= 15 is 0 Å². The van der Waals surface area contributed by atoms with Crippen LogP contribution in [0, 0.1) is 17.3 Å². The molecule has 1 heterocycles. The molecular weight excluding hydrogens is 232 g/mol. The van der Waals surface area contributed by atoms with Crippen molar-refractivity contribution in [2.24, 2.45) is 17.3 Å². The van der Waals surface area contributed by atoms with Gasteiger partial charge in [-0.3, -0.25) is 20.2 Å². The van der Waals surface area contributed by atoms with Crippen molar-refractivity contribution in [3.8, 4) is 0 Å². The molecule has 0 radical (unpaired) electrons. The molecule has 1 saturated carbocycles. The molecule has 1 saturated heterocycles. The van der Waals surface area contributed by atoms with E-state index in [1.807, 2.05) is 6.92 Å². The predicted octanol–water partition coefficient (Wildman–Crippen LogP) is 1.58. The molecule has 2 N–H and O–H groups in total. The van der Waals surface area contributed by atoms with Gasteiger partial charge in [-0.05, 0) is 31.1 Å². The summed E-state index contributed by atoms with van der Waals surface area (Å²) in [5, 5.41) is 4.51. The van der Waals surface area contributed by atoms with Crippen molar-refractivity contribution in [3.63, 3.8) is 0 Å². The number of rotatable bonds is 2. The average molecular weight is 252 g/mol. The molecule has 0 aromatic carbocycles. The second-order valence-electron chi connectivity index (χ2n) is 5.53. The Morgan fingerprint density at radius 1 is 1.17 bits per heavy atom. The van der Waals surface area contributed by atoms with Crippen molar-refractivity contribution >= 4 is 17.8 Å². The molecule has 2 atom stereocenters. The molecule has 0 aromatic rings. The van der Waals surface area contributed by atoms with E-state index in [1.165, 1.54) is 0 Å². The van der Waals surface area contributed by atoms with Crippen LogP contribution >= 0.6 is 0 Å². The summed E-state index contributed by atoms with van der Waals surface area (Å²) in [7, 11) is 0. The number of carbonyl (C=O) groups excluding carboxylic acids is 3. The van der Waals surface area contributed by atoms with E-state index in [1.54, 1.807) is 0 Å². The third kappa shape index (κ3) is 1.91. The van der Waals surface area contributed by atoms with Crippen molar-refractivity contribution in [1.29, 1.82) is 0 Å². The summed E-state index contributed by atoms with van der Waals surface area (Å²) >= 11 is 0. The van der Waals surface area contributed by atoms with Crippen LogP contribution in [0.25, 0.3) is 0 Å². The fourth-order valence-corrected chi connectivity index (χ4v) is 3.43. The summed E-state index contributed by atoms with van der Waals surface area (Å²) in [6.45, 7) is 3.99. The Kier molecular flexibility index (Phi) is 3.41. The lowest BCUT2D eigenvalue weighted by molar-refractivity contribution is -0.150. The summed E-state index contributed by atoms with van der Waals surface area (Å²) in [4.78, 5) is 35.5. The Morgan fingerprint density at radius 2 is 1.78 bits per heavy atom. The van der Waals surface area contributed by atoms with Gasteiger partial charge in [0.05, 0.1) is 0 Å². The normalized spacial score (nSPS) is 31.8. The van der Waals surface area contributed by atoms with Gasteiger partial charge in [-0.1, -0.05) is 26.7 Å². The molecule has 5 heteroatoms. The van der Waals surface area contributed by atoms with E-state index in [4.69, 9.17) is 0 Å². The molecular formula is C13H20N2O3. The lowest BCUT2D eigenvalue weighted by Gasteiger charge is -2.42. The number of amides is 4. The molecule has 1 aliphatic carbocycles. The first-order valence-corrected chi connectivity index (χ1v) is 6.67. The molecule has 2 rings (SSSR count). The third-order valence-corrected chi connectivity index (χ3v) is 4.46. The standard InChI is InChI=1S/C13H20N2O3/c1-3-13(9-6-4-5-8(2)7-9)10(16)14-12(18)15-11(13)17/h8-9H,3-7H2,1-2H3,(H2,14,15,16,17,18). The SMILES string of the molecule is CCC1(C2CCCC(C)C2)C(=O)NC(=O)NC1=O. The van der Waals surface area contributed by atoms with Crippen molar-refractivity contribution in [2.45, 2.75) is 46.0 Å². The van der Waals surface area contributed by atoms with Gasteiger partial charge >= 0.3 is 6.03 Å². The molecule has 0 bridgehead atoms. The van der Waals surface area contributed by atoms with Crippen LogP contribution in [-0.4, -0.2) is 17.8 Å². The summed E-state index contributed by atoms with van der Waals surface area (Å²) in [5.74, 6) is -0.263. The highest BCUT2D eigenvalue weighted by atomic mass is 16.2. The minimum atomic E-state index is -1.05. The number of nitrogens with one attached hydrogen (secondary N) is 2. The summed E-state index contributed by atoms with van der Waals surface area (Å²) < 4.78 is 0. The fraction of sp³-hybridized carbons (Fsp3) is 0.769. The van der Waals surface area contributed by atoms with E-state index in [9.17, 15) is 14.4 Å². The molecule has 5 nitrogen and oxygen atoms in total. The largest absolute Gasteiger partial charge is 0.328 e. The summed E-state index contributed by atoms with van der Waals surface area (Å²) in [5.41, 5.74) is -1.05. The number of hydrogen-bond acceptors (Lipinski definition) is 3. The van der Waals surface area contributed by atoms with Crippen molar-refractivity contribution in [2.75, 3.05) is 0 Å². The first-order valence-electron chi connectivity index (χ1n) is 6.67. The number of carbonyl (C=O) groups is 3. The highest BCUT2D eigenvalue weighted by Gasteiger charge is 2.54. The van der Waals surface area contributed by atoms with Crippen LogP contribution in [0.4, 0.5) is 4.79 Å². The van der Waals surface area contributed by atoms with Crippen LogP contribution in [0.2, 0.25) is 0 Å². The van der Waals surface area contributed by atoms with Gasteiger partial charge in [0.1, 0.15) is 5.41 Å². The van der Waals surface area contributed by atoms with E-state index in [-0.39, 0.29) is 5.92 Å². The van der Waals surface area contributed by atoms with E-state index in [0.717, 1.165) is 25.7 Å². The van der Waals surface area contributed by atoms with Crippen LogP contribution < -0.4 is 10.6 Å². The Labute approximate surface area is 107 Å². The quantitative estimate of drug-likeness (QED) is 0.732. The lowest BCUT2D eigenvalue weighted by atomic mass is 9.63. The number of urea groups is 1. The zero-order chi connectivity index (χ0) is 13.3. The summed E-state index contributed by atoms with van der Waals surface area (Å²) in [6.07, 6.45) is 4.39.